The molecule has 6 heteroatoms. The third-order valence-electron chi connectivity index (χ3n) is 3.47. The van der Waals surface area contributed by atoms with Crippen molar-refractivity contribution in [3.05, 3.63) is 41.7 Å². The number of rotatable bonds is 4. The van der Waals surface area contributed by atoms with Crippen molar-refractivity contribution >= 4 is 16.9 Å². The molecule has 3 aromatic rings. The minimum atomic E-state index is 0.388. The highest BCUT2D eigenvalue weighted by molar-refractivity contribution is 5.86. The number of nitrogens with two attached hydrogens (primary N) is 1. The Balaban J connectivity index is 2.30. The Hall–Kier alpha value is -2.47. The Morgan fingerprint density at radius 3 is 2.67 bits per heavy atom. The minimum absolute atomic E-state index is 0.388. The molecule has 2 heterocycles. The predicted octanol–water partition coefficient (Wildman–Crippen LogP) is 2.23. The van der Waals surface area contributed by atoms with Gasteiger partial charge in [-0.05, 0) is 31.0 Å². The standard InChI is InChI=1S/C15H18N6/c1-3-10-9-11(4-2)21(20-10)14-12-7-5-6-8-13(12)17-15(18-14)19-16/h5-9H,3-4,16H2,1-2H3,(H,17,18,19). The van der Waals surface area contributed by atoms with Gasteiger partial charge < -0.3 is 0 Å². The first-order chi connectivity index (χ1) is 10.3. The van der Waals surface area contributed by atoms with Crippen LogP contribution >= 0.6 is 0 Å². The van der Waals surface area contributed by atoms with Gasteiger partial charge >= 0.3 is 0 Å². The molecule has 108 valence electrons. The van der Waals surface area contributed by atoms with Crippen molar-refractivity contribution in [2.45, 2.75) is 26.7 Å². The molecule has 0 aliphatic carbocycles. The van der Waals surface area contributed by atoms with E-state index in [1.54, 1.807) is 0 Å². The molecule has 0 amide bonds. The van der Waals surface area contributed by atoms with Crippen LogP contribution in [0.5, 0.6) is 0 Å². The second-order valence-electron chi connectivity index (χ2n) is 4.78. The van der Waals surface area contributed by atoms with Crippen molar-refractivity contribution in [2.24, 2.45) is 5.84 Å². The number of nitrogen functional groups attached to an aromatic ring is 1. The molecule has 3 N–H and O–H groups in total. The maximum Gasteiger partial charge on any atom is 0.239 e. The zero-order chi connectivity index (χ0) is 14.8. The molecule has 0 saturated carbocycles. The Bertz CT molecular complexity index is 777. The van der Waals surface area contributed by atoms with Gasteiger partial charge in [0, 0.05) is 11.1 Å². The molecule has 0 atom stereocenters. The van der Waals surface area contributed by atoms with Gasteiger partial charge in [-0.3, -0.25) is 5.43 Å². The first kappa shape index (κ1) is 13.5. The summed E-state index contributed by atoms with van der Waals surface area (Å²) in [6.07, 6.45) is 1.78. The molecule has 0 fully saturated rings. The van der Waals surface area contributed by atoms with Gasteiger partial charge in [-0.1, -0.05) is 26.0 Å². The fourth-order valence-electron chi connectivity index (χ4n) is 2.37. The van der Waals surface area contributed by atoms with E-state index in [0.29, 0.717) is 5.95 Å². The van der Waals surface area contributed by atoms with Gasteiger partial charge in [0.15, 0.2) is 5.82 Å². The highest BCUT2D eigenvalue weighted by Gasteiger charge is 2.13. The van der Waals surface area contributed by atoms with Crippen molar-refractivity contribution in [1.29, 1.82) is 0 Å². The van der Waals surface area contributed by atoms with Gasteiger partial charge in [-0.2, -0.15) is 10.1 Å². The summed E-state index contributed by atoms with van der Waals surface area (Å²) in [4.78, 5) is 8.87. The van der Waals surface area contributed by atoms with E-state index in [9.17, 15) is 0 Å². The summed E-state index contributed by atoms with van der Waals surface area (Å²) < 4.78 is 1.89. The second-order valence-corrected chi connectivity index (χ2v) is 4.78. The normalized spacial score (nSPS) is 11.0. The van der Waals surface area contributed by atoms with E-state index in [2.05, 4.69) is 40.4 Å². The van der Waals surface area contributed by atoms with Crippen LogP contribution < -0.4 is 11.3 Å². The van der Waals surface area contributed by atoms with Crippen LogP contribution in [0, 0.1) is 0 Å². The number of fused-ring (bicyclic) bond motifs is 1. The van der Waals surface area contributed by atoms with Crippen LogP contribution in [0.1, 0.15) is 25.2 Å². The molecule has 0 spiro atoms. The van der Waals surface area contributed by atoms with E-state index < -0.39 is 0 Å². The van der Waals surface area contributed by atoms with Crippen LogP contribution in [0.4, 0.5) is 5.95 Å². The van der Waals surface area contributed by atoms with E-state index >= 15 is 0 Å². The van der Waals surface area contributed by atoms with Crippen molar-refractivity contribution < 1.29 is 0 Å². The fraction of sp³-hybridized carbons (Fsp3) is 0.267. The van der Waals surface area contributed by atoms with E-state index in [4.69, 9.17) is 5.84 Å². The first-order valence-corrected chi connectivity index (χ1v) is 7.08. The van der Waals surface area contributed by atoms with Gasteiger partial charge in [0.05, 0.1) is 11.2 Å². The summed E-state index contributed by atoms with van der Waals surface area (Å²) in [5.74, 6) is 6.63. The SMILES string of the molecule is CCc1cc(CC)n(-c2nc(NN)nc3ccccc23)n1. The third-order valence-corrected chi connectivity index (χ3v) is 3.47. The lowest BCUT2D eigenvalue weighted by atomic mass is 10.2. The Morgan fingerprint density at radius 1 is 1.14 bits per heavy atom. The van der Waals surface area contributed by atoms with Gasteiger partial charge in [0.25, 0.3) is 0 Å². The average molecular weight is 282 g/mol. The number of aryl methyl sites for hydroxylation is 2. The molecule has 6 nitrogen and oxygen atoms in total. The summed E-state index contributed by atoms with van der Waals surface area (Å²) in [5.41, 5.74) is 5.54. The van der Waals surface area contributed by atoms with Gasteiger partial charge in [-0.15, -0.1) is 0 Å². The van der Waals surface area contributed by atoms with E-state index in [-0.39, 0.29) is 0 Å². The van der Waals surface area contributed by atoms with Crippen LogP contribution in [0.3, 0.4) is 0 Å². The van der Waals surface area contributed by atoms with E-state index in [1.807, 2.05) is 28.9 Å². The smallest absolute Gasteiger partial charge is 0.239 e. The van der Waals surface area contributed by atoms with Crippen LogP contribution in [-0.4, -0.2) is 19.7 Å². The van der Waals surface area contributed by atoms with E-state index in [1.165, 1.54) is 0 Å². The summed E-state index contributed by atoms with van der Waals surface area (Å²) in [5, 5.41) is 5.61. The lowest BCUT2D eigenvalue weighted by Gasteiger charge is -2.10. The number of benzene rings is 1. The van der Waals surface area contributed by atoms with Crippen molar-refractivity contribution in [1.82, 2.24) is 19.7 Å². The number of para-hydroxylation sites is 1. The molecule has 2 aromatic heterocycles. The number of nitrogens with one attached hydrogen (secondary N) is 1. The lowest BCUT2D eigenvalue weighted by Crippen LogP contribution is -2.13. The summed E-state index contributed by atoms with van der Waals surface area (Å²) >= 11 is 0. The van der Waals surface area contributed by atoms with Gasteiger partial charge in [-0.25, -0.2) is 15.5 Å². The topological polar surface area (TPSA) is 81.7 Å². The Labute approximate surface area is 123 Å². The molecular weight excluding hydrogens is 264 g/mol. The van der Waals surface area contributed by atoms with Crippen LogP contribution in [0.25, 0.3) is 16.7 Å². The number of hydrogen-bond donors (Lipinski definition) is 2. The highest BCUT2D eigenvalue weighted by atomic mass is 15.4. The third kappa shape index (κ3) is 2.34. The molecule has 21 heavy (non-hydrogen) atoms. The predicted molar refractivity (Wildman–Crippen MR) is 83.2 cm³/mol. The summed E-state index contributed by atoms with van der Waals surface area (Å²) in [6, 6.07) is 9.97. The number of aromatic nitrogens is 4. The minimum Gasteiger partial charge on any atom is -0.292 e. The molecule has 0 aliphatic heterocycles. The molecule has 0 unspecified atom stereocenters. The van der Waals surface area contributed by atoms with Crippen molar-refractivity contribution in [3.8, 4) is 5.82 Å². The number of anilines is 1. The number of nitrogens with zero attached hydrogens (tertiary/aromatic N) is 4. The molecule has 0 bridgehead atoms. The molecule has 0 saturated heterocycles. The molecule has 3 rings (SSSR count). The number of hydrazine groups is 1. The van der Waals surface area contributed by atoms with E-state index in [0.717, 1.165) is 41.0 Å². The summed E-state index contributed by atoms with van der Waals surface area (Å²) in [7, 11) is 0. The molecular formula is C15H18N6. The Kier molecular flexibility index (Phi) is 3.53. The fourth-order valence-corrected chi connectivity index (χ4v) is 2.37. The van der Waals surface area contributed by atoms with Crippen molar-refractivity contribution in [3.63, 3.8) is 0 Å². The zero-order valence-corrected chi connectivity index (χ0v) is 12.2. The van der Waals surface area contributed by atoms with Crippen LogP contribution in [0.15, 0.2) is 30.3 Å². The largest absolute Gasteiger partial charge is 0.292 e. The highest BCUT2D eigenvalue weighted by Crippen LogP contribution is 2.22. The van der Waals surface area contributed by atoms with Gasteiger partial charge in [0.2, 0.25) is 5.95 Å². The average Bonchev–Trinajstić information content (AvgIpc) is 2.97. The maximum atomic E-state index is 5.49. The van der Waals surface area contributed by atoms with Gasteiger partial charge in [0.1, 0.15) is 0 Å². The Morgan fingerprint density at radius 2 is 1.95 bits per heavy atom. The first-order valence-electron chi connectivity index (χ1n) is 7.08. The summed E-state index contributed by atoms with van der Waals surface area (Å²) in [6.45, 7) is 4.20. The van der Waals surface area contributed by atoms with Crippen molar-refractivity contribution in [2.75, 3.05) is 5.43 Å². The zero-order valence-electron chi connectivity index (χ0n) is 12.2. The second kappa shape index (κ2) is 5.49. The monoisotopic (exact) mass is 282 g/mol. The van der Waals surface area contributed by atoms with Crippen LogP contribution in [-0.2, 0) is 12.8 Å². The maximum absolute atomic E-state index is 5.49. The molecule has 1 aromatic carbocycles. The lowest BCUT2D eigenvalue weighted by molar-refractivity contribution is 0.776. The molecule has 0 aliphatic rings. The quantitative estimate of drug-likeness (QED) is 0.566. The van der Waals surface area contributed by atoms with Crippen LogP contribution in [0.2, 0.25) is 0 Å². The molecule has 0 radical (unpaired) electrons. The number of hydrogen-bond acceptors (Lipinski definition) is 5.